The van der Waals surface area contributed by atoms with Gasteiger partial charge in [0.25, 0.3) is 0 Å². The fourth-order valence-electron chi connectivity index (χ4n) is 2.15. The van der Waals surface area contributed by atoms with Crippen LogP contribution in [-0.4, -0.2) is 19.7 Å². The molecule has 2 rings (SSSR count). The van der Waals surface area contributed by atoms with Gasteiger partial charge in [-0.25, -0.2) is 0 Å². The van der Waals surface area contributed by atoms with Crippen LogP contribution in [0.15, 0.2) is 12.1 Å². The van der Waals surface area contributed by atoms with Crippen LogP contribution in [0.2, 0.25) is 15.1 Å². The van der Waals surface area contributed by atoms with Crippen molar-refractivity contribution in [1.29, 1.82) is 0 Å². The van der Waals surface area contributed by atoms with Gasteiger partial charge in [0.2, 0.25) is 0 Å². The average molecular weight is 309 g/mol. The molecule has 0 spiro atoms. The van der Waals surface area contributed by atoms with Crippen molar-refractivity contribution in [2.75, 3.05) is 19.7 Å². The lowest BCUT2D eigenvalue weighted by atomic mass is 10.0. The number of halogens is 3. The molecule has 1 aromatic rings. The molecule has 1 aromatic carbocycles. The van der Waals surface area contributed by atoms with Crippen LogP contribution >= 0.6 is 34.8 Å². The predicted octanol–water partition coefficient (Wildman–Crippen LogP) is 4.42. The molecule has 1 aliphatic heterocycles. The Morgan fingerprint density at radius 1 is 1.22 bits per heavy atom. The van der Waals surface area contributed by atoms with E-state index in [0.717, 1.165) is 25.4 Å². The van der Waals surface area contributed by atoms with Crippen LogP contribution in [0.25, 0.3) is 0 Å². The first kappa shape index (κ1) is 14.3. The first-order chi connectivity index (χ1) is 8.68. The molecule has 0 aliphatic carbocycles. The van der Waals surface area contributed by atoms with Crippen LogP contribution in [0.5, 0.6) is 5.75 Å². The van der Waals surface area contributed by atoms with E-state index in [4.69, 9.17) is 39.5 Å². The van der Waals surface area contributed by atoms with Crippen LogP contribution < -0.4 is 10.1 Å². The summed E-state index contributed by atoms with van der Waals surface area (Å²) in [5.74, 6) is 1.27. The summed E-state index contributed by atoms with van der Waals surface area (Å²) >= 11 is 18.0. The minimum atomic E-state index is 0.395. The third kappa shape index (κ3) is 3.67. The van der Waals surface area contributed by atoms with E-state index in [1.165, 1.54) is 12.8 Å². The van der Waals surface area contributed by atoms with Gasteiger partial charge in [-0.1, -0.05) is 34.8 Å². The van der Waals surface area contributed by atoms with Crippen LogP contribution in [0, 0.1) is 5.92 Å². The second-order valence-electron chi connectivity index (χ2n) is 4.52. The maximum atomic E-state index is 6.05. The largest absolute Gasteiger partial charge is 0.490 e. The van der Waals surface area contributed by atoms with Gasteiger partial charge in [0.15, 0.2) is 5.75 Å². The molecule has 1 atom stereocenters. The lowest BCUT2D eigenvalue weighted by molar-refractivity contribution is 0.295. The zero-order chi connectivity index (χ0) is 13.0. The van der Waals surface area contributed by atoms with E-state index in [1.807, 2.05) is 0 Å². The first-order valence-corrected chi connectivity index (χ1v) is 7.29. The highest BCUT2D eigenvalue weighted by molar-refractivity contribution is 6.44. The van der Waals surface area contributed by atoms with Gasteiger partial charge in [-0.05, 0) is 50.4 Å². The van der Waals surface area contributed by atoms with E-state index in [-0.39, 0.29) is 0 Å². The maximum Gasteiger partial charge on any atom is 0.157 e. The quantitative estimate of drug-likeness (QED) is 0.642. The number of nitrogens with one attached hydrogen (secondary N) is 1. The molecule has 0 bridgehead atoms. The molecule has 0 unspecified atom stereocenters. The zero-order valence-electron chi connectivity index (χ0n) is 10.0. The highest BCUT2D eigenvalue weighted by Gasteiger charge is 2.14. The minimum Gasteiger partial charge on any atom is -0.490 e. The second-order valence-corrected chi connectivity index (χ2v) is 5.71. The van der Waals surface area contributed by atoms with Crippen LogP contribution in [0.1, 0.15) is 19.3 Å². The summed E-state index contributed by atoms with van der Waals surface area (Å²) in [6.45, 7) is 2.88. The third-order valence-corrected chi connectivity index (χ3v) is 4.25. The molecule has 1 heterocycles. The molecular weight excluding hydrogens is 293 g/mol. The van der Waals surface area contributed by atoms with Crippen molar-refractivity contribution in [2.24, 2.45) is 5.92 Å². The minimum absolute atomic E-state index is 0.395. The van der Waals surface area contributed by atoms with E-state index >= 15 is 0 Å². The molecule has 18 heavy (non-hydrogen) atoms. The number of hydrogen-bond acceptors (Lipinski definition) is 2. The van der Waals surface area contributed by atoms with Crippen molar-refractivity contribution in [3.63, 3.8) is 0 Å². The predicted molar refractivity (Wildman–Crippen MR) is 77.2 cm³/mol. The monoisotopic (exact) mass is 307 g/mol. The van der Waals surface area contributed by atoms with E-state index in [9.17, 15) is 0 Å². The van der Waals surface area contributed by atoms with E-state index < -0.39 is 0 Å². The smallest absolute Gasteiger partial charge is 0.157 e. The average Bonchev–Trinajstić information content (AvgIpc) is 2.86. The van der Waals surface area contributed by atoms with Crippen molar-refractivity contribution < 1.29 is 4.74 Å². The molecule has 1 saturated heterocycles. The SMILES string of the molecule is Clc1ccc(Cl)c(OCCC[C@H]2CCNC2)c1Cl. The number of ether oxygens (including phenoxy) is 1. The Morgan fingerprint density at radius 2 is 2.00 bits per heavy atom. The molecule has 0 saturated carbocycles. The topological polar surface area (TPSA) is 21.3 Å². The normalized spacial score (nSPS) is 19.2. The van der Waals surface area contributed by atoms with Crippen molar-refractivity contribution in [2.45, 2.75) is 19.3 Å². The molecule has 0 amide bonds. The Balaban J connectivity index is 1.80. The Labute approximate surface area is 123 Å². The van der Waals surface area contributed by atoms with Gasteiger partial charge < -0.3 is 10.1 Å². The highest BCUT2D eigenvalue weighted by Crippen LogP contribution is 2.38. The summed E-state index contributed by atoms with van der Waals surface area (Å²) in [6.07, 6.45) is 3.44. The first-order valence-electron chi connectivity index (χ1n) is 6.15. The fourth-order valence-corrected chi connectivity index (χ4v) is 2.78. The van der Waals surface area contributed by atoms with E-state index in [1.54, 1.807) is 12.1 Å². The Kier molecular flexibility index (Phi) is 5.43. The van der Waals surface area contributed by atoms with E-state index in [2.05, 4.69) is 5.32 Å². The zero-order valence-corrected chi connectivity index (χ0v) is 12.3. The van der Waals surface area contributed by atoms with Gasteiger partial charge in [0.05, 0.1) is 16.7 Å². The van der Waals surface area contributed by atoms with Crippen molar-refractivity contribution in [3.05, 3.63) is 27.2 Å². The number of hydrogen-bond donors (Lipinski definition) is 1. The molecule has 0 radical (unpaired) electrons. The van der Waals surface area contributed by atoms with Crippen molar-refractivity contribution in [1.82, 2.24) is 5.32 Å². The Morgan fingerprint density at radius 3 is 2.72 bits per heavy atom. The van der Waals surface area contributed by atoms with Gasteiger partial charge in [0.1, 0.15) is 5.02 Å². The van der Waals surface area contributed by atoms with Crippen molar-refractivity contribution in [3.8, 4) is 5.75 Å². The molecule has 1 aliphatic rings. The molecule has 1 fully saturated rings. The van der Waals surface area contributed by atoms with Crippen molar-refractivity contribution >= 4 is 34.8 Å². The standard InChI is InChI=1S/C13H16Cl3NO/c14-10-3-4-11(15)13(12(10)16)18-7-1-2-9-5-6-17-8-9/h3-4,9,17H,1-2,5-8H2/t9-/m0/s1. The van der Waals surface area contributed by atoms with Crippen LogP contribution in [0.4, 0.5) is 0 Å². The van der Waals surface area contributed by atoms with Gasteiger partial charge >= 0.3 is 0 Å². The fraction of sp³-hybridized carbons (Fsp3) is 0.538. The van der Waals surface area contributed by atoms with Crippen LogP contribution in [0.3, 0.4) is 0 Å². The molecular formula is C13H16Cl3NO. The molecule has 2 nitrogen and oxygen atoms in total. The van der Waals surface area contributed by atoms with Gasteiger partial charge in [-0.3, -0.25) is 0 Å². The molecule has 100 valence electrons. The highest BCUT2D eigenvalue weighted by atomic mass is 35.5. The summed E-state index contributed by atoms with van der Waals surface area (Å²) in [4.78, 5) is 0. The Bertz CT molecular complexity index is 405. The number of benzene rings is 1. The van der Waals surface area contributed by atoms with Gasteiger partial charge in [0, 0.05) is 0 Å². The number of rotatable bonds is 5. The molecule has 0 aromatic heterocycles. The third-order valence-electron chi connectivity index (χ3n) is 3.17. The van der Waals surface area contributed by atoms with Gasteiger partial charge in [-0.2, -0.15) is 0 Å². The lowest BCUT2D eigenvalue weighted by Gasteiger charge is -2.12. The second kappa shape index (κ2) is 6.85. The van der Waals surface area contributed by atoms with Crippen LogP contribution in [-0.2, 0) is 0 Å². The summed E-state index contributed by atoms with van der Waals surface area (Å²) in [7, 11) is 0. The van der Waals surface area contributed by atoms with E-state index in [0.29, 0.717) is 27.4 Å². The summed E-state index contributed by atoms with van der Waals surface area (Å²) < 4.78 is 5.64. The maximum absolute atomic E-state index is 6.05. The summed E-state index contributed by atoms with van der Waals surface area (Å²) in [5.41, 5.74) is 0. The van der Waals surface area contributed by atoms with Gasteiger partial charge in [-0.15, -0.1) is 0 Å². The summed E-state index contributed by atoms with van der Waals surface area (Å²) in [6, 6.07) is 3.37. The lowest BCUT2D eigenvalue weighted by Crippen LogP contribution is -2.10. The summed E-state index contributed by atoms with van der Waals surface area (Å²) in [5, 5.41) is 4.73. The molecule has 1 N–H and O–H groups in total. The Hall–Kier alpha value is -0.150. The molecule has 5 heteroatoms.